The van der Waals surface area contributed by atoms with E-state index in [2.05, 4.69) is 12.1 Å². The first-order valence-corrected chi connectivity index (χ1v) is 7.75. The van der Waals surface area contributed by atoms with Gasteiger partial charge >= 0.3 is 0 Å². The number of rotatable bonds is 4. The average molecular weight is 316 g/mol. The summed E-state index contributed by atoms with van der Waals surface area (Å²) < 4.78 is 18.8. The highest BCUT2D eigenvalue weighted by atomic mass is 35.5. The number of nitriles is 1. The summed E-state index contributed by atoms with van der Waals surface area (Å²) in [5.74, 6) is 0.276. The van der Waals surface area contributed by atoms with E-state index in [1.165, 1.54) is 12.1 Å². The number of ether oxygens (including phenoxy) is 1. The number of aryl methyl sites for hydroxylation is 1. The zero-order valence-corrected chi connectivity index (χ0v) is 12.8. The summed E-state index contributed by atoms with van der Waals surface area (Å²) in [5, 5.41) is 9.65. The van der Waals surface area contributed by atoms with Gasteiger partial charge in [-0.25, -0.2) is 4.39 Å². The summed E-state index contributed by atoms with van der Waals surface area (Å²) in [7, 11) is 0. The van der Waals surface area contributed by atoms with Crippen LogP contribution in [0.25, 0.3) is 11.1 Å². The van der Waals surface area contributed by atoms with Crippen LogP contribution in [0.4, 0.5) is 4.39 Å². The molecule has 1 aliphatic rings. The molecule has 0 atom stereocenters. The minimum Gasteiger partial charge on any atom is -0.372 e. The van der Waals surface area contributed by atoms with Crippen LogP contribution in [0.1, 0.15) is 28.7 Å². The van der Waals surface area contributed by atoms with Gasteiger partial charge in [-0.2, -0.15) is 5.26 Å². The molecular formula is C18H15ClFNO. The second-order valence-electron chi connectivity index (χ2n) is 5.33. The quantitative estimate of drug-likeness (QED) is 0.774. The van der Waals surface area contributed by atoms with Gasteiger partial charge in [-0.05, 0) is 47.2 Å². The SMILES string of the molecule is N#Cc1c(CCCCl)cc2c(c1-c1ccc(F)cc1)COC2. The van der Waals surface area contributed by atoms with Gasteiger partial charge in [0.05, 0.1) is 18.8 Å². The molecule has 2 aromatic rings. The Morgan fingerprint density at radius 2 is 2.00 bits per heavy atom. The van der Waals surface area contributed by atoms with E-state index in [1.54, 1.807) is 12.1 Å². The predicted octanol–water partition coefficient (Wildman–Crippen LogP) is 4.57. The zero-order valence-electron chi connectivity index (χ0n) is 12.0. The van der Waals surface area contributed by atoms with E-state index in [9.17, 15) is 9.65 Å². The van der Waals surface area contributed by atoms with Gasteiger partial charge in [0, 0.05) is 11.4 Å². The molecular weight excluding hydrogens is 301 g/mol. The van der Waals surface area contributed by atoms with Crippen molar-refractivity contribution in [1.82, 2.24) is 0 Å². The van der Waals surface area contributed by atoms with Crippen molar-refractivity contribution < 1.29 is 9.13 Å². The molecule has 0 N–H and O–H groups in total. The highest BCUT2D eigenvalue weighted by Gasteiger charge is 2.22. The summed E-state index contributed by atoms with van der Waals surface area (Å²) in [6, 6.07) is 10.7. The Bertz CT molecular complexity index is 734. The van der Waals surface area contributed by atoms with Crippen molar-refractivity contribution in [2.24, 2.45) is 0 Å². The molecule has 0 unspecified atom stereocenters. The maximum Gasteiger partial charge on any atom is 0.123 e. The largest absolute Gasteiger partial charge is 0.372 e. The van der Waals surface area contributed by atoms with Crippen LogP contribution in [0.2, 0.25) is 0 Å². The Kier molecular flexibility index (Phi) is 4.42. The summed E-state index contributed by atoms with van der Waals surface area (Å²) in [4.78, 5) is 0. The van der Waals surface area contributed by atoms with Gasteiger partial charge in [-0.3, -0.25) is 0 Å². The van der Waals surface area contributed by atoms with E-state index in [1.807, 2.05) is 0 Å². The number of hydrogen-bond donors (Lipinski definition) is 0. The second kappa shape index (κ2) is 6.48. The van der Waals surface area contributed by atoms with Crippen LogP contribution < -0.4 is 0 Å². The van der Waals surface area contributed by atoms with E-state index >= 15 is 0 Å². The fourth-order valence-corrected chi connectivity index (χ4v) is 3.05. The number of benzene rings is 2. The molecule has 112 valence electrons. The lowest BCUT2D eigenvalue weighted by Crippen LogP contribution is -2.00. The van der Waals surface area contributed by atoms with Crippen molar-refractivity contribution in [3.63, 3.8) is 0 Å². The Morgan fingerprint density at radius 3 is 2.68 bits per heavy atom. The number of fused-ring (bicyclic) bond motifs is 1. The molecule has 0 bridgehead atoms. The van der Waals surface area contributed by atoms with Crippen LogP contribution in [0, 0.1) is 17.1 Å². The molecule has 0 saturated carbocycles. The average Bonchev–Trinajstić information content (AvgIpc) is 3.00. The molecule has 0 amide bonds. The van der Waals surface area contributed by atoms with Gasteiger partial charge in [0.1, 0.15) is 11.9 Å². The molecule has 0 aliphatic carbocycles. The van der Waals surface area contributed by atoms with Crippen LogP contribution in [0.5, 0.6) is 0 Å². The molecule has 0 saturated heterocycles. The lowest BCUT2D eigenvalue weighted by Gasteiger charge is -2.14. The van der Waals surface area contributed by atoms with Gasteiger partial charge < -0.3 is 4.74 Å². The molecule has 4 heteroatoms. The smallest absolute Gasteiger partial charge is 0.123 e. The Hall–Kier alpha value is -1.89. The maximum atomic E-state index is 13.2. The highest BCUT2D eigenvalue weighted by molar-refractivity contribution is 6.17. The van der Waals surface area contributed by atoms with E-state index < -0.39 is 0 Å². The van der Waals surface area contributed by atoms with E-state index in [0.717, 1.165) is 40.7 Å². The van der Waals surface area contributed by atoms with Crippen LogP contribution in [-0.2, 0) is 24.4 Å². The summed E-state index contributed by atoms with van der Waals surface area (Å²) >= 11 is 5.79. The van der Waals surface area contributed by atoms with Crippen molar-refractivity contribution in [2.45, 2.75) is 26.1 Å². The molecule has 1 aliphatic heterocycles. The standard InChI is InChI=1S/C18H15ClFNO/c19-7-1-2-13-8-14-10-22-11-17(14)18(16(13)9-21)12-3-5-15(20)6-4-12/h3-6,8H,1-2,7,10-11H2. The molecule has 0 spiro atoms. The monoisotopic (exact) mass is 315 g/mol. The number of hydrogen-bond acceptors (Lipinski definition) is 2. The molecule has 3 rings (SSSR count). The van der Waals surface area contributed by atoms with Crippen molar-refractivity contribution in [1.29, 1.82) is 5.26 Å². The van der Waals surface area contributed by atoms with Crippen molar-refractivity contribution in [3.8, 4) is 17.2 Å². The lowest BCUT2D eigenvalue weighted by atomic mass is 9.87. The van der Waals surface area contributed by atoms with Crippen molar-refractivity contribution in [3.05, 3.63) is 58.4 Å². The van der Waals surface area contributed by atoms with Crippen LogP contribution in [0.3, 0.4) is 0 Å². The summed E-state index contributed by atoms with van der Waals surface area (Å²) in [6.45, 7) is 1.05. The highest BCUT2D eigenvalue weighted by Crippen LogP contribution is 2.36. The first kappa shape index (κ1) is 15.0. The Balaban J connectivity index is 2.20. The second-order valence-corrected chi connectivity index (χ2v) is 5.71. The molecule has 0 aromatic heterocycles. The van der Waals surface area contributed by atoms with Crippen molar-refractivity contribution >= 4 is 11.6 Å². The van der Waals surface area contributed by atoms with Gasteiger partial charge in [0.15, 0.2) is 0 Å². The normalized spacial score (nSPS) is 13.0. The van der Waals surface area contributed by atoms with Gasteiger partial charge in [0.25, 0.3) is 0 Å². The zero-order chi connectivity index (χ0) is 15.5. The molecule has 0 fully saturated rings. The van der Waals surface area contributed by atoms with Gasteiger partial charge in [0.2, 0.25) is 0 Å². The summed E-state index contributed by atoms with van der Waals surface area (Å²) in [5.41, 5.74) is 5.53. The third-order valence-electron chi connectivity index (χ3n) is 3.94. The Morgan fingerprint density at radius 1 is 1.23 bits per heavy atom. The lowest BCUT2D eigenvalue weighted by molar-refractivity contribution is 0.134. The fourth-order valence-electron chi connectivity index (χ4n) is 2.92. The number of nitrogens with zero attached hydrogens (tertiary/aromatic N) is 1. The third-order valence-corrected chi connectivity index (χ3v) is 4.20. The number of halogens is 2. The third kappa shape index (κ3) is 2.72. The van der Waals surface area contributed by atoms with E-state index in [-0.39, 0.29) is 5.82 Å². The van der Waals surface area contributed by atoms with Crippen LogP contribution in [-0.4, -0.2) is 5.88 Å². The number of alkyl halides is 1. The molecule has 1 heterocycles. The first-order valence-electron chi connectivity index (χ1n) is 7.22. The van der Waals surface area contributed by atoms with Crippen LogP contribution in [0.15, 0.2) is 30.3 Å². The van der Waals surface area contributed by atoms with Crippen molar-refractivity contribution in [2.75, 3.05) is 5.88 Å². The molecule has 2 nitrogen and oxygen atoms in total. The maximum absolute atomic E-state index is 13.2. The topological polar surface area (TPSA) is 33.0 Å². The predicted molar refractivity (Wildman–Crippen MR) is 84.1 cm³/mol. The molecule has 2 aromatic carbocycles. The minimum atomic E-state index is -0.284. The van der Waals surface area contributed by atoms with Crippen LogP contribution >= 0.6 is 11.6 Å². The van der Waals surface area contributed by atoms with Gasteiger partial charge in [-0.15, -0.1) is 11.6 Å². The minimum absolute atomic E-state index is 0.284. The first-order chi connectivity index (χ1) is 10.7. The molecule has 0 radical (unpaired) electrons. The van der Waals surface area contributed by atoms with Gasteiger partial charge in [-0.1, -0.05) is 18.2 Å². The Labute approximate surface area is 134 Å². The van der Waals surface area contributed by atoms with E-state index in [0.29, 0.717) is 24.7 Å². The van der Waals surface area contributed by atoms with E-state index in [4.69, 9.17) is 16.3 Å². The summed E-state index contributed by atoms with van der Waals surface area (Å²) in [6.07, 6.45) is 1.58. The fraction of sp³-hybridized carbons (Fsp3) is 0.278. The molecule has 22 heavy (non-hydrogen) atoms.